The molecule has 0 radical (unpaired) electrons. The molecule has 1 rings (SSSR count). The molecule has 84 valence electrons. The number of hydrogen-bond acceptors (Lipinski definition) is 4. The number of Topliss-reactive ketones (excluding diaryl/α,β-unsaturated/α-hetero) is 1. The molecule has 0 aliphatic rings. The van der Waals surface area contributed by atoms with Crippen LogP contribution >= 0.6 is 11.6 Å². The predicted molar refractivity (Wildman–Crippen MR) is 59.8 cm³/mol. The molecule has 0 atom stereocenters. The molecule has 0 spiro atoms. The smallest absolute Gasteiger partial charge is 0.323 e. The molecule has 0 saturated heterocycles. The lowest BCUT2D eigenvalue weighted by Crippen LogP contribution is -2.17. The zero-order valence-electron chi connectivity index (χ0n) is 8.44. The Kier molecular flexibility index (Phi) is 4.47. The molecule has 0 unspecified atom stereocenters. The van der Waals surface area contributed by atoms with E-state index in [1.165, 1.54) is 7.05 Å². The molecular formula is C10H9ClN2O3. The molecule has 0 bridgehead atoms. The van der Waals surface area contributed by atoms with Gasteiger partial charge in [-0.3, -0.25) is 9.63 Å². The van der Waals surface area contributed by atoms with E-state index < -0.39 is 6.09 Å². The summed E-state index contributed by atoms with van der Waals surface area (Å²) in [7, 11) is 1.39. The minimum Gasteiger partial charge on any atom is -0.323 e. The summed E-state index contributed by atoms with van der Waals surface area (Å²) in [5.74, 6) is -0.374. The van der Waals surface area contributed by atoms with Crippen LogP contribution in [0.15, 0.2) is 29.4 Å². The van der Waals surface area contributed by atoms with E-state index in [1.807, 2.05) is 0 Å². The average molecular weight is 241 g/mol. The third-order valence-electron chi connectivity index (χ3n) is 1.64. The van der Waals surface area contributed by atoms with E-state index in [1.54, 1.807) is 24.3 Å². The van der Waals surface area contributed by atoms with Crippen molar-refractivity contribution in [3.05, 3.63) is 34.9 Å². The first-order valence-corrected chi connectivity index (χ1v) is 4.73. The number of hydrogen-bond donors (Lipinski definition) is 1. The lowest BCUT2D eigenvalue weighted by atomic mass is 10.1. The summed E-state index contributed by atoms with van der Waals surface area (Å²) in [5, 5.41) is 5.94. The van der Waals surface area contributed by atoms with Gasteiger partial charge in [0.05, 0.1) is 0 Å². The van der Waals surface area contributed by atoms with Crippen molar-refractivity contribution in [1.82, 2.24) is 5.32 Å². The molecule has 0 aliphatic heterocycles. The van der Waals surface area contributed by atoms with Crippen molar-refractivity contribution >= 4 is 29.7 Å². The highest BCUT2D eigenvalue weighted by Gasteiger charge is 2.02. The highest BCUT2D eigenvalue weighted by molar-refractivity contribution is 6.35. The molecule has 0 saturated carbocycles. The SMILES string of the molecule is CNC(=O)O/N=C\C(=O)c1ccc(Cl)cc1. The summed E-state index contributed by atoms with van der Waals surface area (Å²) in [6.45, 7) is 0. The van der Waals surface area contributed by atoms with Gasteiger partial charge in [0.25, 0.3) is 0 Å². The highest BCUT2D eigenvalue weighted by atomic mass is 35.5. The van der Waals surface area contributed by atoms with Gasteiger partial charge in [-0.05, 0) is 24.3 Å². The number of nitrogens with one attached hydrogen (secondary N) is 1. The zero-order valence-corrected chi connectivity index (χ0v) is 9.19. The zero-order chi connectivity index (χ0) is 12.0. The molecule has 16 heavy (non-hydrogen) atoms. The Morgan fingerprint density at radius 2 is 2.00 bits per heavy atom. The third kappa shape index (κ3) is 3.70. The van der Waals surface area contributed by atoms with Crippen LogP contribution in [0.2, 0.25) is 5.02 Å². The number of amides is 1. The fraction of sp³-hybridized carbons (Fsp3) is 0.100. The molecule has 1 amide bonds. The van der Waals surface area contributed by atoms with Gasteiger partial charge in [-0.25, -0.2) is 4.79 Å². The first-order valence-electron chi connectivity index (χ1n) is 4.35. The van der Waals surface area contributed by atoms with Gasteiger partial charge in [0.2, 0.25) is 5.78 Å². The van der Waals surface area contributed by atoms with Crippen LogP contribution in [0, 0.1) is 0 Å². The van der Waals surface area contributed by atoms with Crippen LogP contribution in [0.4, 0.5) is 4.79 Å². The van der Waals surface area contributed by atoms with Crippen molar-refractivity contribution in [3.8, 4) is 0 Å². The van der Waals surface area contributed by atoms with Gasteiger partial charge in [-0.1, -0.05) is 16.8 Å². The largest absolute Gasteiger partial charge is 0.433 e. The Labute approximate surface area is 97.0 Å². The van der Waals surface area contributed by atoms with E-state index in [0.717, 1.165) is 6.21 Å². The molecule has 0 fully saturated rings. The average Bonchev–Trinajstić information content (AvgIpc) is 2.29. The van der Waals surface area contributed by atoms with E-state index in [0.29, 0.717) is 10.6 Å². The number of oxime groups is 1. The van der Waals surface area contributed by atoms with Gasteiger partial charge >= 0.3 is 6.09 Å². The van der Waals surface area contributed by atoms with Crippen LogP contribution in [0.25, 0.3) is 0 Å². The Bertz CT molecular complexity index is 415. The summed E-state index contributed by atoms with van der Waals surface area (Å²) in [6.07, 6.45) is 0.179. The van der Waals surface area contributed by atoms with E-state index in [9.17, 15) is 9.59 Å². The summed E-state index contributed by atoms with van der Waals surface area (Å²) in [5.41, 5.74) is 0.411. The van der Waals surface area contributed by atoms with Crippen LogP contribution in [0.5, 0.6) is 0 Å². The van der Waals surface area contributed by atoms with Crippen LogP contribution in [0.3, 0.4) is 0 Å². The lowest BCUT2D eigenvalue weighted by Gasteiger charge is -1.95. The van der Waals surface area contributed by atoms with Gasteiger partial charge in [0.1, 0.15) is 6.21 Å². The second-order valence-corrected chi connectivity index (χ2v) is 3.17. The second kappa shape index (κ2) is 5.87. The maximum absolute atomic E-state index is 11.4. The fourth-order valence-electron chi connectivity index (χ4n) is 0.856. The highest BCUT2D eigenvalue weighted by Crippen LogP contribution is 2.09. The van der Waals surface area contributed by atoms with E-state index in [4.69, 9.17) is 11.6 Å². The Morgan fingerprint density at radius 1 is 1.38 bits per heavy atom. The predicted octanol–water partition coefficient (Wildman–Crippen LogP) is 1.86. The molecule has 1 aromatic carbocycles. The monoisotopic (exact) mass is 240 g/mol. The van der Waals surface area contributed by atoms with Gasteiger partial charge in [-0.15, -0.1) is 0 Å². The normalized spacial score (nSPS) is 10.1. The minimum atomic E-state index is -0.736. The van der Waals surface area contributed by atoms with Gasteiger partial charge in [0.15, 0.2) is 0 Å². The third-order valence-corrected chi connectivity index (χ3v) is 1.89. The van der Waals surface area contributed by atoms with Crippen molar-refractivity contribution < 1.29 is 14.4 Å². The summed E-state index contributed by atoms with van der Waals surface area (Å²) < 4.78 is 0. The van der Waals surface area contributed by atoms with Gasteiger partial charge < -0.3 is 5.32 Å². The van der Waals surface area contributed by atoms with Crippen molar-refractivity contribution in [2.45, 2.75) is 0 Å². The lowest BCUT2D eigenvalue weighted by molar-refractivity contribution is 0.106. The fourth-order valence-corrected chi connectivity index (χ4v) is 0.982. The van der Waals surface area contributed by atoms with Crippen molar-refractivity contribution in [2.24, 2.45) is 5.16 Å². The standard InChI is InChI=1S/C10H9ClN2O3/c1-12-10(15)16-13-6-9(14)7-2-4-8(11)5-3-7/h2-6H,1H3,(H,12,15)/b13-6-. The van der Waals surface area contributed by atoms with Gasteiger partial charge in [-0.2, -0.15) is 0 Å². The maximum Gasteiger partial charge on any atom is 0.433 e. The summed E-state index contributed by atoms with van der Waals surface area (Å²) in [4.78, 5) is 26.3. The number of carbonyl (C=O) groups excluding carboxylic acids is 2. The number of rotatable bonds is 3. The van der Waals surface area contributed by atoms with Crippen molar-refractivity contribution in [1.29, 1.82) is 0 Å². The topological polar surface area (TPSA) is 67.8 Å². The Hall–Kier alpha value is -1.88. The second-order valence-electron chi connectivity index (χ2n) is 2.73. The number of ketones is 1. The Balaban J connectivity index is 2.59. The number of carbonyl (C=O) groups is 2. The summed E-state index contributed by atoms with van der Waals surface area (Å²) >= 11 is 5.66. The van der Waals surface area contributed by atoms with Crippen LogP contribution in [-0.2, 0) is 4.84 Å². The first kappa shape index (κ1) is 12.2. The number of nitrogens with zero attached hydrogens (tertiary/aromatic N) is 1. The van der Waals surface area contributed by atoms with Crippen LogP contribution < -0.4 is 5.32 Å². The van der Waals surface area contributed by atoms with Crippen molar-refractivity contribution in [2.75, 3.05) is 7.05 Å². The molecule has 0 aliphatic carbocycles. The van der Waals surface area contributed by atoms with E-state index in [2.05, 4.69) is 15.3 Å². The molecule has 1 N–H and O–H groups in total. The van der Waals surface area contributed by atoms with E-state index in [-0.39, 0.29) is 5.78 Å². The van der Waals surface area contributed by atoms with Crippen LogP contribution in [0.1, 0.15) is 10.4 Å². The van der Waals surface area contributed by atoms with Gasteiger partial charge in [0, 0.05) is 17.6 Å². The molecular weight excluding hydrogens is 232 g/mol. The number of benzene rings is 1. The molecule has 0 aromatic heterocycles. The Morgan fingerprint density at radius 3 is 2.56 bits per heavy atom. The van der Waals surface area contributed by atoms with Crippen molar-refractivity contribution in [3.63, 3.8) is 0 Å². The molecule has 5 nitrogen and oxygen atoms in total. The quantitative estimate of drug-likeness (QED) is 0.380. The first-order chi connectivity index (χ1) is 7.63. The van der Waals surface area contributed by atoms with E-state index >= 15 is 0 Å². The maximum atomic E-state index is 11.4. The molecule has 0 heterocycles. The molecule has 6 heteroatoms. The minimum absolute atomic E-state index is 0.374. The molecule has 1 aromatic rings. The summed E-state index contributed by atoms with van der Waals surface area (Å²) in [6, 6.07) is 6.28. The number of halogens is 1. The van der Waals surface area contributed by atoms with Crippen LogP contribution in [-0.4, -0.2) is 25.1 Å².